The van der Waals surface area contributed by atoms with Crippen LogP contribution < -0.4 is 47.9 Å². The van der Waals surface area contributed by atoms with E-state index in [1.165, 1.54) is 0 Å². The van der Waals surface area contributed by atoms with Crippen LogP contribution in [0.5, 0.6) is 0 Å². The van der Waals surface area contributed by atoms with E-state index in [0.29, 0.717) is 92.8 Å². The summed E-state index contributed by atoms with van der Waals surface area (Å²) in [7, 11) is 0. The van der Waals surface area contributed by atoms with Crippen molar-refractivity contribution in [3.8, 4) is 0 Å². The number of anilines is 9. The molecule has 9 N–H and O–H groups in total. The molecule has 18 nitrogen and oxygen atoms in total. The molecule has 0 saturated carbocycles. The Morgan fingerprint density at radius 3 is 0.773 bits per heavy atom. The summed E-state index contributed by atoms with van der Waals surface area (Å²) >= 11 is 0. The van der Waals surface area contributed by atoms with E-state index in [4.69, 9.17) is 44.9 Å². The second-order valence-electron chi connectivity index (χ2n) is 16.4. The zero-order valence-corrected chi connectivity index (χ0v) is 38.7. The highest BCUT2D eigenvalue weighted by Gasteiger charge is 2.12. The largest absolute Gasteiger partial charge is 0.354 e. The maximum Gasteiger partial charge on any atom is 0.229 e. The molecule has 0 fully saturated rings. The van der Waals surface area contributed by atoms with Crippen LogP contribution in [0.2, 0.25) is 0 Å². The Bertz CT molecular complexity index is 2020. The number of aromatic nitrogens is 9. The Kier molecular flexibility index (Phi) is 18.0. The van der Waals surface area contributed by atoms with E-state index in [0.717, 1.165) is 111 Å². The number of fused-ring (bicyclic) bond motifs is 12. The van der Waals surface area contributed by atoms with Crippen molar-refractivity contribution in [1.29, 1.82) is 0 Å². The number of rotatable bonds is 15. The first kappa shape index (κ1) is 46.9. The number of hydrogen-bond donors (Lipinski definition) is 9. The van der Waals surface area contributed by atoms with Gasteiger partial charge in [-0.2, -0.15) is 44.9 Å². The Morgan fingerprint density at radius 1 is 0.333 bits per heavy atom. The average molecular weight is 895 g/mol. The Morgan fingerprint density at radius 2 is 0.561 bits per heavy atom. The maximum absolute atomic E-state index is 4.77. The van der Waals surface area contributed by atoms with Gasteiger partial charge in [-0.1, -0.05) is 132 Å². The van der Waals surface area contributed by atoms with Gasteiger partial charge in [-0.05, 0) is 52.6 Å². The van der Waals surface area contributed by atoms with Gasteiger partial charge in [0.1, 0.15) is 0 Å². The normalized spacial score (nSPS) is 13.0. The molecular formula is C48H66N18. The molecule has 1 aliphatic rings. The number of unbranched alkanes of at least 4 members (excludes halogenated alkanes) is 6. The quantitative estimate of drug-likeness (QED) is 0.0438. The van der Waals surface area contributed by atoms with Gasteiger partial charge < -0.3 is 47.9 Å². The molecule has 12 bridgehead atoms. The maximum atomic E-state index is 4.77. The molecule has 0 saturated heterocycles. The van der Waals surface area contributed by atoms with E-state index in [2.05, 4.69) is 141 Å². The summed E-state index contributed by atoms with van der Waals surface area (Å²) in [6, 6.07) is 25.1. The van der Waals surface area contributed by atoms with Gasteiger partial charge in [-0.3, -0.25) is 0 Å². The monoisotopic (exact) mass is 895 g/mol. The Hall–Kier alpha value is -7.11. The standard InChI is InChI=1S/C48H66N18/c1-4-7-10-22-49-40-58-43-52-28-34-16-13-18-36(25-34)30-54-45-60-41(50-23-11-8-5-2)62-47(65-45)56-32-38-20-15-21-39(27-38)33-57-48-63-42(51-24-12-9-6-3)61-46(66-48)55-31-37-19-14-17-35(26-37)29-53-44(59-40)64-43/h13-21,25-27H,4-12,22-24,28-33H2,1-3H3,(H3,49,52,53,58,59,64)(H3,50,54,56,60,62,65)(H3,51,55,57,61,63,66). The summed E-state index contributed by atoms with van der Waals surface area (Å²) in [5, 5.41) is 30.9. The molecule has 18 heteroatoms. The number of nitrogens with one attached hydrogen (secondary N) is 9. The topological polar surface area (TPSA) is 224 Å². The van der Waals surface area contributed by atoms with Crippen molar-refractivity contribution >= 4 is 53.5 Å². The highest BCUT2D eigenvalue weighted by atomic mass is 15.3. The summed E-state index contributed by atoms with van der Waals surface area (Å²) in [4.78, 5) is 42.7. The Labute approximate surface area is 388 Å². The molecule has 0 amide bonds. The van der Waals surface area contributed by atoms with E-state index in [-0.39, 0.29) is 0 Å². The first-order valence-electron chi connectivity index (χ1n) is 23.7. The van der Waals surface area contributed by atoms with Crippen LogP contribution in [-0.2, 0) is 39.3 Å². The molecule has 66 heavy (non-hydrogen) atoms. The van der Waals surface area contributed by atoms with Crippen LogP contribution in [0.3, 0.4) is 0 Å². The highest BCUT2D eigenvalue weighted by Crippen LogP contribution is 2.19. The lowest BCUT2D eigenvalue weighted by molar-refractivity contribution is 0.740. The van der Waals surface area contributed by atoms with Crippen LogP contribution in [0.15, 0.2) is 72.8 Å². The van der Waals surface area contributed by atoms with Crippen molar-refractivity contribution in [1.82, 2.24) is 44.9 Å². The lowest BCUT2D eigenvalue weighted by Crippen LogP contribution is -2.14. The van der Waals surface area contributed by atoms with E-state index in [9.17, 15) is 0 Å². The number of hydrogen-bond acceptors (Lipinski definition) is 18. The molecule has 0 atom stereocenters. The molecule has 4 heterocycles. The smallest absolute Gasteiger partial charge is 0.229 e. The van der Waals surface area contributed by atoms with Crippen molar-refractivity contribution in [3.63, 3.8) is 0 Å². The molecule has 1 aliphatic heterocycles. The van der Waals surface area contributed by atoms with Crippen molar-refractivity contribution in [2.75, 3.05) is 67.5 Å². The van der Waals surface area contributed by atoms with Crippen molar-refractivity contribution < 1.29 is 0 Å². The molecule has 0 unspecified atom stereocenters. The van der Waals surface area contributed by atoms with Crippen LogP contribution in [0.4, 0.5) is 53.5 Å². The predicted octanol–water partition coefficient (Wildman–Crippen LogP) is 9.03. The van der Waals surface area contributed by atoms with Crippen molar-refractivity contribution in [2.24, 2.45) is 0 Å². The predicted molar refractivity (Wildman–Crippen MR) is 267 cm³/mol. The van der Waals surface area contributed by atoms with Crippen LogP contribution in [0.1, 0.15) is 112 Å². The molecule has 7 rings (SSSR count). The first-order chi connectivity index (χ1) is 32.5. The molecule has 0 aliphatic carbocycles. The van der Waals surface area contributed by atoms with Gasteiger partial charge in [0.15, 0.2) is 0 Å². The molecule has 0 radical (unpaired) electrons. The first-order valence-corrected chi connectivity index (χ1v) is 23.7. The molecule has 6 aromatic rings. The minimum atomic E-state index is 0.480. The average Bonchev–Trinajstić information content (AvgIpc) is 3.34. The summed E-state index contributed by atoms with van der Waals surface area (Å²) in [6.07, 6.45) is 9.87. The third kappa shape index (κ3) is 15.6. The SMILES string of the molecule is CCCCCNc1nc2nc(n1)NCc1cccc(c1)CNc1nc(NCCCCC)nc(n1)NCc1cccc(c1)CNc1nc(NCCCCC)nc(n1)NCc1cccc(c1)CN2. The second-order valence-corrected chi connectivity index (χ2v) is 16.4. The van der Waals surface area contributed by atoms with Gasteiger partial charge in [0.05, 0.1) is 0 Å². The molecule has 3 aromatic heterocycles. The van der Waals surface area contributed by atoms with Gasteiger partial charge in [0, 0.05) is 58.9 Å². The zero-order valence-electron chi connectivity index (χ0n) is 38.7. The van der Waals surface area contributed by atoms with E-state index >= 15 is 0 Å². The summed E-state index contributed by atoms with van der Waals surface area (Å²) in [5.41, 5.74) is 6.46. The number of nitrogens with zero attached hydrogens (tertiary/aromatic N) is 9. The summed E-state index contributed by atoms with van der Waals surface area (Å²) in [5.74, 6) is 4.45. The number of benzene rings is 3. The van der Waals surface area contributed by atoms with E-state index < -0.39 is 0 Å². The van der Waals surface area contributed by atoms with E-state index in [1.807, 2.05) is 0 Å². The fraction of sp³-hybridized carbons (Fsp3) is 0.438. The minimum Gasteiger partial charge on any atom is -0.354 e. The molecule has 3 aromatic carbocycles. The second kappa shape index (κ2) is 25.4. The molecular weight excluding hydrogens is 829 g/mol. The minimum absolute atomic E-state index is 0.480. The fourth-order valence-electron chi connectivity index (χ4n) is 7.20. The molecule has 348 valence electrons. The van der Waals surface area contributed by atoms with Crippen molar-refractivity contribution in [2.45, 2.75) is 118 Å². The lowest BCUT2D eigenvalue weighted by atomic mass is 10.1. The van der Waals surface area contributed by atoms with Gasteiger partial charge in [-0.25, -0.2) is 0 Å². The summed E-state index contributed by atoms with van der Waals surface area (Å²) < 4.78 is 0. The van der Waals surface area contributed by atoms with Crippen LogP contribution in [0.25, 0.3) is 0 Å². The van der Waals surface area contributed by atoms with Crippen LogP contribution in [-0.4, -0.2) is 64.5 Å². The van der Waals surface area contributed by atoms with Gasteiger partial charge in [-0.15, -0.1) is 0 Å². The van der Waals surface area contributed by atoms with Crippen LogP contribution >= 0.6 is 0 Å². The van der Waals surface area contributed by atoms with Crippen molar-refractivity contribution in [3.05, 3.63) is 106 Å². The third-order valence-electron chi connectivity index (χ3n) is 10.8. The van der Waals surface area contributed by atoms with Gasteiger partial charge >= 0.3 is 0 Å². The van der Waals surface area contributed by atoms with Gasteiger partial charge in [0.25, 0.3) is 0 Å². The van der Waals surface area contributed by atoms with Crippen LogP contribution in [0, 0.1) is 0 Å². The zero-order chi connectivity index (χ0) is 45.6. The Balaban J connectivity index is 1.15. The lowest BCUT2D eigenvalue weighted by Gasteiger charge is -2.14. The fourth-order valence-corrected chi connectivity index (χ4v) is 7.20. The highest BCUT2D eigenvalue weighted by molar-refractivity contribution is 5.47. The molecule has 0 spiro atoms. The summed E-state index contributed by atoms with van der Waals surface area (Å²) in [6.45, 7) is 12.0. The third-order valence-corrected chi connectivity index (χ3v) is 10.8. The van der Waals surface area contributed by atoms with Gasteiger partial charge in [0.2, 0.25) is 53.5 Å². The van der Waals surface area contributed by atoms with E-state index in [1.54, 1.807) is 0 Å².